The van der Waals surface area contributed by atoms with E-state index >= 15 is 0 Å². The van der Waals surface area contributed by atoms with Crippen LogP contribution in [0.25, 0.3) is 0 Å². The number of amides is 2. The predicted octanol–water partition coefficient (Wildman–Crippen LogP) is 2.85. The van der Waals surface area contributed by atoms with E-state index in [2.05, 4.69) is 25.7 Å². The third-order valence-corrected chi connectivity index (χ3v) is 5.17. The van der Waals surface area contributed by atoms with Crippen molar-refractivity contribution in [1.29, 1.82) is 0 Å². The summed E-state index contributed by atoms with van der Waals surface area (Å²) in [5.74, 6) is 1.36. The van der Waals surface area contributed by atoms with Gasteiger partial charge in [-0.05, 0) is 44.6 Å². The quantitative estimate of drug-likeness (QED) is 0.793. The third kappa shape index (κ3) is 4.67. The largest absolute Gasteiger partial charge is 0.497 e. The zero-order valence-electron chi connectivity index (χ0n) is 14.7. The summed E-state index contributed by atoms with van der Waals surface area (Å²) in [4.78, 5) is 14.2. The smallest absolute Gasteiger partial charge is 0.321 e. The van der Waals surface area contributed by atoms with Crippen molar-refractivity contribution in [2.75, 3.05) is 33.1 Å². The van der Waals surface area contributed by atoms with E-state index in [0.717, 1.165) is 16.3 Å². The van der Waals surface area contributed by atoms with Crippen LogP contribution < -0.4 is 15.4 Å². The van der Waals surface area contributed by atoms with E-state index in [1.54, 1.807) is 7.11 Å². The number of methoxy groups -OCH3 is 1. The number of rotatable bonds is 7. The van der Waals surface area contributed by atoms with Gasteiger partial charge in [-0.25, -0.2) is 4.79 Å². The Hall–Kier alpha value is -2.19. The van der Waals surface area contributed by atoms with E-state index in [4.69, 9.17) is 4.74 Å². The monoisotopic (exact) mass is 361 g/mol. The summed E-state index contributed by atoms with van der Waals surface area (Å²) in [6.45, 7) is 0.486. The fraction of sp³-hybridized carbons (Fsp3) is 0.471. The first-order valence-corrected chi connectivity index (χ1v) is 9.07. The molecule has 1 aliphatic rings. The fourth-order valence-corrected chi connectivity index (χ4v) is 3.44. The van der Waals surface area contributed by atoms with Crippen LogP contribution in [0.5, 0.6) is 5.75 Å². The number of anilines is 1. The highest BCUT2D eigenvalue weighted by Crippen LogP contribution is 2.42. The van der Waals surface area contributed by atoms with E-state index in [1.807, 2.05) is 38.4 Å². The fourth-order valence-electron chi connectivity index (χ4n) is 2.54. The number of carbonyl (C=O) groups excluding carboxylic acids is 1. The van der Waals surface area contributed by atoms with Crippen molar-refractivity contribution in [2.45, 2.75) is 24.8 Å². The van der Waals surface area contributed by atoms with Crippen molar-refractivity contribution >= 4 is 22.5 Å². The van der Waals surface area contributed by atoms with E-state index < -0.39 is 0 Å². The molecular formula is C17H23N5O2S. The molecule has 2 N–H and O–H groups in total. The minimum Gasteiger partial charge on any atom is -0.497 e. The zero-order chi connectivity index (χ0) is 17.8. The van der Waals surface area contributed by atoms with E-state index in [9.17, 15) is 4.79 Å². The molecule has 25 heavy (non-hydrogen) atoms. The lowest BCUT2D eigenvalue weighted by Crippen LogP contribution is -2.36. The molecule has 1 aliphatic carbocycles. The van der Waals surface area contributed by atoms with Crippen LogP contribution in [0, 0.1) is 0 Å². The second kappa shape index (κ2) is 7.79. The van der Waals surface area contributed by atoms with Gasteiger partial charge in [0, 0.05) is 12.5 Å². The Bertz CT molecular complexity index is 712. The number of carbonyl (C=O) groups is 1. The molecule has 1 aromatic heterocycles. The highest BCUT2D eigenvalue weighted by Gasteiger charge is 2.27. The van der Waals surface area contributed by atoms with Gasteiger partial charge in [-0.15, -0.1) is 10.2 Å². The molecule has 1 atom stereocenters. The molecule has 0 radical (unpaired) electrons. The van der Waals surface area contributed by atoms with Gasteiger partial charge in [0.15, 0.2) is 0 Å². The molecule has 0 aliphatic heterocycles. The Kier molecular flexibility index (Phi) is 5.50. The second-order valence-electron chi connectivity index (χ2n) is 6.31. The number of hydrogen-bond donors (Lipinski definition) is 2. The summed E-state index contributed by atoms with van der Waals surface area (Å²) < 4.78 is 5.19. The molecular weight excluding hydrogens is 338 g/mol. The normalized spacial score (nSPS) is 15.0. The van der Waals surface area contributed by atoms with Gasteiger partial charge < -0.3 is 15.0 Å². The van der Waals surface area contributed by atoms with Gasteiger partial charge in [0.1, 0.15) is 10.8 Å². The molecule has 1 aromatic carbocycles. The molecule has 134 valence electrons. The van der Waals surface area contributed by atoms with Crippen LogP contribution in [0.2, 0.25) is 0 Å². The zero-order valence-corrected chi connectivity index (χ0v) is 15.5. The number of urea groups is 1. The van der Waals surface area contributed by atoms with E-state index in [0.29, 0.717) is 17.6 Å². The van der Waals surface area contributed by atoms with Crippen LogP contribution >= 0.6 is 11.3 Å². The standard InChI is InChI=1S/C17H23N5O2S/c1-22(2)14(11-6-8-13(24-3)9-7-11)10-18-16(23)19-17-21-20-15(25-17)12-4-5-12/h6-9,12,14H,4-5,10H2,1-3H3,(H2,18,19,21,23)/t14-/m1/s1. The molecule has 2 aromatic rings. The number of aromatic nitrogens is 2. The number of nitrogens with zero attached hydrogens (tertiary/aromatic N) is 3. The average Bonchev–Trinajstić information content (AvgIpc) is 3.35. The SMILES string of the molecule is COc1ccc([C@@H](CNC(=O)Nc2nnc(C3CC3)s2)N(C)C)cc1. The van der Waals surface area contributed by atoms with Crippen molar-refractivity contribution in [3.05, 3.63) is 34.8 Å². The van der Waals surface area contributed by atoms with Crippen molar-refractivity contribution in [3.8, 4) is 5.75 Å². The Morgan fingerprint density at radius 3 is 2.64 bits per heavy atom. The van der Waals surface area contributed by atoms with Gasteiger partial charge in [-0.2, -0.15) is 0 Å². The first-order chi connectivity index (χ1) is 12.1. The molecule has 1 heterocycles. The summed E-state index contributed by atoms with van der Waals surface area (Å²) in [5, 5.41) is 15.4. The number of ether oxygens (including phenoxy) is 1. The van der Waals surface area contributed by atoms with Crippen molar-refractivity contribution in [3.63, 3.8) is 0 Å². The Balaban J connectivity index is 1.55. The van der Waals surface area contributed by atoms with E-state index in [-0.39, 0.29) is 12.1 Å². The predicted molar refractivity (Wildman–Crippen MR) is 98.3 cm³/mol. The maximum atomic E-state index is 12.1. The number of benzene rings is 1. The van der Waals surface area contributed by atoms with E-state index in [1.165, 1.54) is 24.2 Å². The van der Waals surface area contributed by atoms with Gasteiger partial charge in [-0.3, -0.25) is 5.32 Å². The summed E-state index contributed by atoms with van der Waals surface area (Å²) in [7, 11) is 5.62. The maximum Gasteiger partial charge on any atom is 0.321 e. The van der Waals surface area contributed by atoms with Crippen LogP contribution in [-0.2, 0) is 0 Å². The lowest BCUT2D eigenvalue weighted by Gasteiger charge is -2.25. The molecule has 1 fully saturated rings. The number of nitrogens with one attached hydrogen (secondary N) is 2. The van der Waals surface area contributed by atoms with Gasteiger partial charge in [0.05, 0.1) is 13.2 Å². The van der Waals surface area contributed by atoms with Gasteiger partial charge in [0.25, 0.3) is 0 Å². The second-order valence-corrected chi connectivity index (χ2v) is 7.32. The number of likely N-dealkylation sites (N-methyl/N-ethyl adjacent to an activating group) is 1. The van der Waals surface area contributed by atoms with Gasteiger partial charge in [0.2, 0.25) is 5.13 Å². The molecule has 8 heteroatoms. The summed E-state index contributed by atoms with van der Waals surface area (Å²) in [6, 6.07) is 7.66. The molecule has 0 bridgehead atoms. The van der Waals surface area contributed by atoms with Crippen molar-refractivity contribution in [1.82, 2.24) is 20.4 Å². The minimum atomic E-state index is -0.265. The van der Waals surface area contributed by atoms with Crippen LogP contribution in [0.1, 0.15) is 35.4 Å². The van der Waals surface area contributed by atoms with Gasteiger partial charge in [-0.1, -0.05) is 23.5 Å². The summed E-state index contributed by atoms with van der Waals surface area (Å²) in [5.41, 5.74) is 1.11. The van der Waals surface area contributed by atoms with Crippen molar-refractivity contribution in [2.24, 2.45) is 0 Å². The average molecular weight is 361 g/mol. The highest BCUT2D eigenvalue weighted by molar-refractivity contribution is 7.15. The Morgan fingerprint density at radius 1 is 1.32 bits per heavy atom. The summed E-state index contributed by atoms with van der Waals surface area (Å²) >= 11 is 1.45. The van der Waals surface area contributed by atoms with Crippen LogP contribution in [-0.4, -0.2) is 48.9 Å². The van der Waals surface area contributed by atoms with Gasteiger partial charge >= 0.3 is 6.03 Å². The van der Waals surface area contributed by atoms with Crippen LogP contribution in [0.4, 0.5) is 9.93 Å². The maximum absolute atomic E-state index is 12.1. The molecule has 2 amide bonds. The molecule has 7 nitrogen and oxygen atoms in total. The van der Waals surface area contributed by atoms with Crippen molar-refractivity contribution < 1.29 is 9.53 Å². The Morgan fingerprint density at radius 2 is 2.04 bits per heavy atom. The van der Waals surface area contributed by atoms with Crippen LogP contribution in [0.3, 0.4) is 0 Å². The molecule has 0 spiro atoms. The first-order valence-electron chi connectivity index (χ1n) is 8.25. The molecule has 3 rings (SSSR count). The topological polar surface area (TPSA) is 79.4 Å². The van der Waals surface area contributed by atoms with Crippen LogP contribution in [0.15, 0.2) is 24.3 Å². The molecule has 1 saturated carbocycles. The highest BCUT2D eigenvalue weighted by atomic mass is 32.1. The summed E-state index contributed by atoms with van der Waals surface area (Å²) in [6.07, 6.45) is 2.35. The number of hydrogen-bond acceptors (Lipinski definition) is 6. The Labute approximate surface area is 151 Å². The molecule has 0 unspecified atom stereocenters. The lowest BCUT2D eigenvalue weighted by atomic mass is 10.1. The first kappa shape index (κ1) is 17.6. The lowest BCUT2D eigenvalue weighted by molar-refractivity contribution is 0.243. The molecule has 0 saturated heterocycles. The minimum absolute atomic E-state index is 0.0631. The third-order valence-electron chi connectivity index (χ3n) is 4.17.